The molecule has 0 radical (unpaired) electrons. The minimum absolute atomic E-state index is 0.119. The van der Waals surface area contributed by atoms with E-state index in [9.17, 15) is 4.79 Å². The predicted octanol–water partition coefficient (Wildman–Crippen LogP) is 2.29. The molecule has 136 valence electrons. The number of benzene rings is 3. The van der Waals surface area contributed by atoms with Crippen LogP contribution in [0.1, 0.15) is 21.5 Å². The number of nitrogens with one attached hydrogen (secondary N) is 1. The third-order valence-corrected chi connectivity index (χ3v) is 7.64. The number of rotatable bonds is 4. The molecule has 0 spiro atoms. The molecule has 1 N–H and O–H groups in total. The zero-order chi connectivity index (χ0) is 18.8. The Labute approximate surface area is 172 Å². The number of thiazole rings is 1. The van der Waals surface area contributed by atoms with Gasteiger partial charge in [0.15, 0.2) is 0 Å². The van der Waals surface area contributed by atoms with Crippen molar-refractivity contribution < 1.29 is 26.0 Å². The van der Waals surface area contributed by atoms with Gasteiger partial charge in [-0.15, -0.1) is 0 Å². The van der Waals surface area contributed by atoms with Crippen LogP contribution in [0.25, 0.3) is 10.2 Å². The maximum atomic E-state index is 12.5. The first-order chi connectivity index (χ1) is 13.1. The number of nitrogens with zero attached hydrogens (tertiary/aromatic N) is 1. The Morgan fingerprint density at radius 1 is 0.926 bits per heavy atom. The molecule has 5 heteroatoms. The molecule has 0 fully saturated rings. The summed E-state index contributed by atoms with van der Waals surface area (Å²) < 4.78 is 3.77. The first-order valence-electron chi connectivity index (χ1n) is 8.57. The Kier molecular flexibility index (Phi) is 5.22. The van der Waals surface area contributed by atoms with E-state index in [4.69, 9.17) is 0 Å². The second-order valence-electron chi connectivity index (χ2n) is 6.34. The van der Waals surface area contributed by atoms with Crippen LogP contribution >= 0.6 is 11.3 Å². The Morgan fingerprint density at radius 3 is 2.48 bits per heavy atom. The third kappa shape index (κ3) is 4.36. The Balaban J connectivity index is 1.46. The molecule has 4 rings (SSSR count). The summed E-state index contributed by atoms with van der Waals surface area (Å²) >= 11 is 1.27. The number of aryl methyl sites for hydroxylation is 2. The average molecular weight is 485 g/mol. The van der Waals surface area contributed by atoms with E-state index < -0.39 is 0 Å². The minimum atomic E-state index is -0.229. The molecular formula is C22H18IN2OS-. The Morgan fingerprint density at radius 2 is 1.70 bits per heavy atom. The zero-order valence-corrected chi connectivity index (χ0v) is 18.0. The molecule has 4 aromatic rings. The molecule has 0 aliphatic carbocycles. The van der Waals surface area contributed by atoms with Crippen molar-refractivity contribution in [2.45, 2.75) is 13.8 Å². The van der Waals surface area contributed by atoms with Gasteiger partial charge in [0.1, 0.15) is 0 Å². The summed E-state index contributed by atoms with van der Waals surface area (Å²) in [4.78, 5) is 17.0. The molecule has 0 aliphatic heterocycles. The Hall–Kier alpha value is -2.25. The van der Waals surface area contributed by atoms with Crippen LogP contribution in [0.15, 0.2) is 66.7 Å². The monoisotopic (exact) mass is 485 g/mol. The van der Waals surface area contributed by atoms with Crippen LogP contribution in [-0.2, 0) is 0 Å². The topological polar surface area (TPSA) is 42.0 Å². The normalized spacial score (nSPS) is 11.0. The molecule has 1 aromatic heterocycles. The van der Waals surface area contributed by atoms with Crippen molar-refractivity contribution in [1.29, 1.82) is 0 Å². The van der Waals surface area contributed by atoms with Gasteiger partial charge in [-0.1, -0.05) is 0 Å². The second-order valence-corrected chi connectivity index (χ2v) is 10.4. The average Bonchev–Trinajstić information content (AvgIpc) is 3.03. The van der Waals surface area contributed by atoms with Gasteiger partial charge in [-0.25, -0.2) is 0 Å². The zero-order valence-electron chi connectivity index (χ0n) is 15.0. The van der Waals surface area contributed by atoms with Crippen LogP contribution in [0.4, 0.5) is 5.13 Å². The number of carbonyl (C=O) groups excluding carboxylic acids is 1. The van der Waals surface area contributed by atoms with E-state index in [1.807, 2.05) is 24.3 Å². The number of anilines is 1. The molecule has 27 heavy (non-hydrogen) atoms. The van der Waals surface area contributed by atoms with Crippen molar-refractivity contribution in [1.82, 2.24) is 4.98 Å². The van der Waals surface area contributed by atoms with Crippen LogP contribution in [0, 0.1) is 21.0 Å². The van der Waals surface area contributed by atoms with Gasteiger partial charge in [-0.2, -0.15) is 0 Å². The van der Waals surface area contributed by atoms with Crippen LogP contribution in [-0.4, -0.2) is 10.9 Å². The van der Waals surface area contributed by atoms with E-state index in [0.29, 0.717) is 10.7 Å². The van der Waals surface area contributed by atoms with Crippen molar-refractivity contribution in [3.63, 3.8) is 0 Å². The number of aromatic nitrogens is 1. The first kappa shape index (κ1) is 18.1. The molecule has 3 nitrogen and oxygen atoms in total. The van der Waals surface area contributed by atoms with E-state index in [1.165, 1.54) is 29.6 Å². The van der Waals surface area contributed by atoms with Gasteiger partial charge in [-0.05, 0) is 0 Å². The van der Waals surface area contributed by atoms with Crippen LogP contribution < -0.4 is 26.5 Å². The molecule has 0 saturated carbocycles. The second kappa shape index (κ2) is 7.78. The van der Waals surface area contributed by atoms with E-state index in [1.54, 1.807) is 0 Å². The van der Waals surface area contributed by atoms with Gasteiger partial charge < -0.3 is 0 Å². The van der Waals surface area contributed by atoms with Crippen LogP contribution in [0.5, 0.6) is 0 Å². The van der Waals surface area contributed by atoms with Crippen LogP contribution in [0.3, 0.4) is 0 Å². The maximum absolute atomic E-state index is 12.5. The molecule has 0 atom stereocenters. The van der Waals surface area contributed by atoms with Crippen molar-refractivity contribution in [2.75, 3.05) is 5.32 Å². The fourth-order valence-electron chi connectivity index (χ4n) is 2.71. The van der Waals surface area contributed by atoms with Crippen molar-refractivity contribution in [3.8, 4) is 0 Å². The molecule has 0 bridgehead atoms. The predicted molar refractivity (Wildman–Crippen MR) is 107 cm³/mol. The van der Waals surface area contributed by atoms with Crippen LogP contribution in [0.2, 0.25) is 0 Å². The van der Waals surface area contributed by atoms with Gasteiger partial charge in [0, 0.05) is 0 Å². The number of amides is 1. The fraction of sp³-hybridized carbons (Fsp3) is 0.0909. The molecule has 1 heterocycles. The van der Waals surface area contributed by atoms with Crippen molar-refractivity contribution in [2.24, 2.45) is 0 Å². The SMILES string of the molecule is Cc1cccc([I-]c2ccc(C(=O)Nc3nc4ccc(C)cc4s3)cc2)c1. The van der Waals surface area contributed by atoms with E-state index in [0.717, 1.165) is 10.2 Å². The quantitative estimate of drug-likeness (QED) is 0.451. The van der Waals surface area contributed by atoms with Crippen molar-refractivity contribution in [3.05, 3.63) is 90.6 Å². The molecule has 1 amide bonds. The van der Waals surface area contributed by atoms with E-state index >= 15 is 0 Å². The number of halogens is 1. The van der Waals surface area contributed by atoms with Gasteiger partial charge in [0.25, 0.3) is 0 Å². The summed E-state index contributed by atoms with van der Waals surface area (Å²) in [5.74, 6) is -0.119. The fourth-order valence-corrected chi connectivity index (χ4v) is 6.14. The number of hydrogen-bond acceptors (Lipinski definition) is 3. The summed E-state index contributed by atoms with van der Waals surface area (Å²) in [6.45, 7) is 4.17. The summed E-state index contributed by atoms with van der Waals surface area (Å²) in [6.07, 6.45) is 0. The molecule has 0 aliphatic rings. The third-order valence-electron chi connectivity index (χ3n) is 4.07. The molecule has 0 unspecified atom stereocenters. The Bertz CT molecular complexity index is 1120. The number of fused-ring (bicyclic) bond motifs is 1. The first-order valence-corrected chi connectivity index (χ1v) is 11.5. The summed E-state index contributed by atoms with van der Waals surface area (Å²) in [6, 6.07) is 22.7. The number of carbonyl (C=O) groups is 1. The molecule has 0 saturated heterocycles. The van der Waals surface area contributed by atoms with Crippen molar-refractivity contribution >= 4 is 32.6 Å². The number of hydrogen-bond donors (Lipinski definition) is 1. The van der Waals surface area contributed by atoms with E-state index in [-0.39, 0.29) is 27.1 Å². The summed E-state index contributed by atoms with van der Waals surface area (Å²) in [5.41, 5.74) is 4.05. The summed E-state index contributed by atoms with van der Waals surface area (Å²) in [7, 11) is 0. The molecular weight excluding hydrogens is 467 g/mol. The summed E-state index contributed by atoms with van der Waals surface area (Å²) in [5, 5.41) is 3.56. The van der Waals surface area contributed by atoms with Gasteiger partial charge in [0.05, 0.1) is 0 Å². The van der Waals surface area contributed by atoms with Gasteiger partial charge >= 0.3 is 173 Å². The van der Waals surface area contributed by atoms with Gasteiger partial charge in [-0.3, -0.25) is 0 Å². The van der Waals surface area contributed by atoms with Gasteiger partial charge in [0.2, 0.25) is 0 Å². The molecule has 3 aromatic carbocycles. The van der Waals surface area contributed by atoms with E-state index in [2.05, 4.69) is 66.6 Å². The standard InChI is InChI=1S/C22H18IN2OS/c1-14-4-3-5-18(12-14)23-17-9-7-16(8-10-17)21(26)25-22-24-19-11-6-15(2)13-20(19)27-22/h3-13H,1-2H3,(H,24,25,26)/q-1.